The number of rotatable bonds is 6. The van der Waals surface area contributed by atoms with Crippen molar-refractivity contribution < 1.29 is 4.79 Å². The molecule has 0 saturated carbocycles. The van der Waals surface area contributed by atoms with E-state index in [0.29, 0.717) is 0 Å². The minimum Gasteiger partial charge on any atom is -0.375 e. The van der Waals surface area contributed by atoms with Crippen molar-refractivity contribution in [2.75, 3.05) is 38.1 Å². The summed E-state index contributed by atoms with van der Waals surface area (Å²) in [6, 6.07) is 7.89. The van der Waals surface area contributed by atoms with Crippen molar-refractivity contribution in [3.05, 3.63) is 29.8 Å². The van der Waals surface area contributed by atoms with E-state index in [0.717, 1.165) is 56.7 Å². The van der Waals surface area contributed by atoms with E-state index in [4.69, 9.17) is 0 Å². The van der Waals surface area contributed by atoms with Crippen LogP contribution < -0.4 is 15.5 Å². The smallest absolute Gasteiger partial charge is 0.251 e. The standard InChI is InChI=1S/C18H29N3O/c1-4-13-21(3)16-7-5-15(6-8-16)17(22)20-14-18(2)9-11-19-12-10-18/h5-8,19H,4,9-14H2,1-3H3,(H,20,22). The molecular weight excluding hydrogens is 274 g/mol. The maximum absolute atomic E-state index is 12.3. The summed E-state index contributed by atoms with van der Waals surface area (Å²) in [6.45, 7) is 8.30. The molecule has 122 valence electrons. The molecule has 1 heterocycles. The second kappa shape index (κ2) is 7.63. The largest absolute Gasteiger partial charge is 0.375 e. The molecule has 0 bridgehead atoms. The molecule has 0 radical (unpaired) electrons. The quantitative estimate of drug-likeness (QED) is 0.849. The average molecular weight is 303 g/mol. The van der Waals surface area contributed by atoms with E-state index in [1.165, 1.54) is 0 Å². The van der Waals surface area contributed by atoms with Gasteiger partial charge in [0.15, 0.2) is 0 Å². The molecule has 0 unspecified atom stereocenters. The number of hydrogen-bond acceptors (Lipinski definition) is 3. The molecule has 1 aliphatic rings. The molecule has 1 aromatic rings. The van der Waals surface area contributed by atoms with Gasteiger partial charge in [-0.1, -0.05) is 13.8 Å². The van der Waals surface area contributed by atoms with Crippen LogP contribution in [0.5, 0.6) is 0 Å². The molecule has 1 aliphatic heterocycles. The van der Waals surface area contributed by atoms with Crippen molar-refractivity contribution in [1.82, 2.24) is 10.6 Å². The summed E-state index contributed by atoms with van der Waals surface area (Å²) in [6.07, 6.45) is 3.36. The minimum atomic E-state index is 0.0319. The lowest BCUT2D eigenvalue weighted by Gasteiger charge is -2.34. The summed E-state index contributed by atoms with van der Waals surface area (Å²) in [4.78, 5) is 14.5. The maximum Gasteiger partial charge on any atom is 0.251 e. The van der Waals surface area contributed by atoms with Crippen LogP contribution in [0.3, 0.4) is 0 Å². The van der Waals surface area contributed by atoms with Gasteiger partial charge in [-0.05, 0) is 62.0 Å². The average Bonchev–Trinajstić information content (AvgIpc) is 2.54. The Balaban J connectivity index is 1.89. The number of benzene rings is 1. The normalized spacial score (nSPS) is 17.0. The molecule has 22 heavy (non-hydrogen) atoms. The summed E-state index contributed by atoms with van der Waals surface area (Å²) in [5, 5.41) is 6.47. The van der Waals surface area contributed by atoms with Crippen LogP contribution in [0, 0.1) is 5.41 Å². The zero-order valence-corrected chi connectivity index (χ0v) is 14.1. The van der Waals surface area contributed by atoms with Crippen LogP contribution in [0.15, 0.2) is 24.3 Å². The third-order valence-corrected chi connectivity index (χ3v) is 4.62. The monoisotopic (exact) mass is 303 g/mol. The predicted molar refractivity (Wildman–Crippen MR) is 92.5 cm³/mol. The van der Waals surface area contributed by atoms with Crippen LogP contribution in [0.4, 0.5) is 5.69 Å². The molecule has 1 saturated heterocycles. The lowest BCUT2D eigenvalue weighted by molar-refractivity contribution is 0.0922. The number of carbonyl (C=O) groups is 1. The van der Waals surface area contributed by atoms with E-state index in [2.05, 4.69) is 36.4 Å². The van der Waals surface area contributed by atoms with Crippen molar-refractivity contribution in [1.29, 1.82) is 0 Å². The third kappa shape index (κ3) is 4.47. The van der Waals surface area contributed by atoms with E-state index in [1.807, 2.05) is 24.3 Å². The molecule has 2 rings (SSSR count). The minimum absolute atomic E-state index is 0.0319. The molecule has 4 nitrogen and oxygen atoms in total. The summed E-state index contributed by atoms with van der Waals surface area (Å²) in [5.74, 6) is 0.0319. The molecule has 0 aliphatic carbocycles. The van der Waals surface area contributed by atoms with Gasteiger partial charge in [0, 0.05) is 31.4 Å². The summed E-state index contributed by atoms with van der Waals surface area (Å²) in [7, 11) is 2.08. The Morgan fingerprint density at radius 1 is 1.27 bits per heavy atom. The highest BCUT2D eigenvalue weighted by molar-refractivity contribution is 5.94. The highest BCUT2D eigenvalue weighted by Crippen LogP contribution is 2.26. The van der Waals surface area contributed by atoms with Crippen molar-refractivity contribution >= 4 is 11.6 Å². The highest BCUT2D eigenvalue weighted by Gasteiger charge is 2.27. The molecule has 0 spiro atoms. The summed E-state index contributed by atoms with van der Waals surface area (Å²) >= 11 is 0. The lowest BCUT2D eigenvalue weighted by Crippen LogP contribution is -2.42. The van der Waals surface area contributed by atoms with Gasteiger partial charge in [0.2, 0.25) is 0 Å². The Hall–Kier alpha value is -1.55. The van der Waals surface area contributed by atoms with Crippen molar-refractivity contribution in [3.63, 3.8) is 0 Å². The van der Waals surface area contributed by atoms with Gasteiger partial charge < -0.3 is 15.5 Å². The van der Waals surface area contributed by atoms with E-state index in [-0.39, 0.29) is 11.3 Å². The van der Waals surface area contributed by atoms with Gasteiger partial charge >= 0.3 is 0 Å². The number of nitrogens with one attached hydrogen (secondary N) is 2. The predicted octanol–water partition coefficient (Wildman–Crippen LogP) is 2.65. The van der Waals surface area contributed by atoms with E-state index in [9.17, 15) is 4.79 Å². The van der Waals surface area contributed by atoms with Crippen LogP contribution in [0.2, 0.25) is 0 Å². The molecule has 0 atom stereocenters. The summed E-state index contributed by atoms with van der Waals surface area (Å²) < 4.78 is 0. The van der Waals surface area contributed by atoms with E-state index in [1.54, 1.807) is 0 Å². The van der Waals surface area contributed by atoms with Crippen molar-refractivity contribution in [2.45, 2.75) is 33.1 Å². The fourth-order valence-corrected chi connectivity index (χ4v) is 2.93. The molecule has 2 N–H and O–H groups in total. The number of amides is 1. The Bertz CT molecular complexity index is 478. The SMILES string of the molecule is CCCN(C)c1ccc(C(=O)NCC2(C)CCNCC2)cc1. The molecular formula is C18H29N3O. The van der Waals surface area contributed by atoms with Gasteiger partial charge in [-0.25, -0.2) is 0 Å². The van der Waals surface area contributed by atoms with Crippen LogP contribution >= 0.6 is 0 Å². The first-order valence-corrected chi connectivity index (χ1v) is 8.34. The zero-order chi connectivity index (χ0) is 16.0. The number of hydrogen-bond donors (Lipinski definition) is 2. The highest BCUT2D eigenvalue weighted by atomic mass is 16.1. The molecule has 1 fully saturated rings. The Labute approximate surface area is 134 Å². The van der Waals surface area contributed by atoms with E-state index < -0.39 is 0 Å². The van der Waals surface area contributed by atoms with Gasteiger partial charge in [0.05, 0.1) is 0 Å². The molecule has 1 amide bonds. The maximum atomic E-state index is 12.3. The van der Waals surface area contributed by atoms with Crippen LogP contribution in [0.25, 0.3) is 0 Å². The van der Waals surface area contributed by atoms with Crippen LogP contribution in [-0.4, -0.2) is 39.1 Å². The Kier molecular flexibility index (Phi) is 5.83. The molecule has 4 heteroatoms. The second-order valence-corrected chi connectivity index (χ2v) is 6.71. The van der Waals surface area contributed by atoms with Crippen molar-refractivity contribution in [2.24, 2.45) is 5.41 Å². The van der Waals surface area contributed by atoms with Gasteiger partial charge in [-0.2, -0.15) is 0 Å². The van der Waals surface area contributed by atoms with Gasteiger partial charge in [-0.3, -0.25) is 4.79 Å². The summed E-state index contributed by atoms with van der Waals surface area (Å²) in [5.41, 5.74) is 2.12. The van der Waals surface area contributed by atoms with E-state index >= 15 is 0 Å². The number of anilines is 1. The van der Waals surface area contributed by atoms with Gasteiger partial charge in [0.1, 0.15) is 0 Å². The first kappa shape index (κ1) is 16.8. The Morgan fingerprint density at radius 3 is 2.50 bits per heavy atom. The lowest BCUT2D eigenvalue weighted by atomic mass is 9.81. The Morgan fingerprint density at radius 2 is 1.91 bits per heavy atom. The van der Waals surface area contributed by atoms with Crippen LogP contribution in [0.1, 0.15) is 43.5 Å². The molecule has 0 aromatic heterocycles. The van der Waals surface area contributed by atoms with Gasteiger partial charge in [0.25, 0.3) is 5.91 Å². The number of piperidine rings is 1. The molecule has 1 aromatic carbocycles. The topological polar surface area (TPSA) is 44.4 Å². The fraction of sp³-hybridized carbons (Fsp3) is 0.611. The first-order valence-electron chi connectivity index (χ1n) is 8.34. The zero-order valence-electron chi connectivity index (χ0n) is 14.1. The number of nitrogens with zero attached hydrogens (tertiary/aromatic N) is 1. The van der Waals surface area contributed by atoms with Crippen LogP contribution in [-0.2, 0) is 0 Å². The third-order valence-electron chi connectivity index (χ3n) is 4.62. The van der Waals surface area contributed by atoms with Crippen molar-refractivity contribution in [3.8, 4) is 0 Å². The second-order valence-electron chi connectivity index (χ2n) is 6.71. The fourth-order valence-electron chi connectivity index (χ4n) is 2.93. The number of carbonyl (C=O) groups excluding carboxylic acids is 1. The first-order chi connectivity index (χ1) is 10.5. The van der Waals surface area contributed by atoms with Gasteiger partial charge in [-0.15, -0.1) is 0 Å².